The van der Waals surface area contributed by atoms with Crippen molar-refractivity contribution in [2.45, 2.75) is 38.1 Å². The molecule has 0 aromatic heterocycles. The molecule has 0 heterocycles. The van der Waals surface area contributed by atoms with Crippen LogP contribution in [0.4, 0.5) is 0 Å². The summed E-state index contributed by atoms with van der Waals surface area (Å²) in [4.78, 5) is 33.7. The van der Waals surface area contributed by atoms with Crippen LogP contribution in [0, 0.1) is 5.41 Å². The lowest BCUT2D eigenvalue weighted by Gasteiger charge is -2.10. The van der Waals surface area contributed by atoms with Crippen molar-refractivity contribution in [2.24, 2.45) is 5.41 Å². The second-order valence-corrected chi connectivity index (χ2v) is 4.73. The second-order valence-electron chi connectivity index (χ2n) is 4.73. The van der Waals surface area contributed by atoms with Gasteiger partial charge in [-0.15, -0.1) is 0 Å². The standard InChI is InChI=1S/C11H16N2O4/c14-8(13-7-1-2-7)3-6-12-9(15)11(4-5-11)10(16)17/h7H,1-6H2,(H,12,15)(H,13,14)(H,16,17). The molecule has 2 saturated carbocycles. The van der Waals surface area contributed by atoms with Gasteiger partial charge in [0.05, 0.1) is 0 Å². The summed E-state index contributed by atoms with van der Waals surface area (Å²) < 4.78 is 0. The molecule has 0 bridgehead atoms. The zero-order valence-corrected chi connectivity index (χ0v) is 9.49. The number of hydrogen-bond donors (Lipinski definition) is 3. The molecular weight excluding hydrogens is 224 g/mol. The third-order valence-corrected chi connectivity index (χ3v) is 3.17. The molecule has 0 saturated heterocycles. The van der Waals surface area contributed by atoms with Gasteiger partial charge in [-0.05, 0) is 25.7 Å². The van der Waals surface area contributed by atoms with E-state index in [0.717, 1.165) is 12.8 Å². The first-order chi connectivity index (χ1) is 8.04. The van der Waals surface area contributed by atoms with Crippen LogP contribution >= 0.6 is 0 Å². The highest BCUT2D eigenvalue weighted by molar-refractivity contribution is 6.04. The summed E-state index contributed by atoms with van der Waals surface area (Å²) in [5, 5.41) is 14.2. The van der Waals surface area contributed by atoms with E-state index in [4.69, 9.17) is 5.11 Å². The third-order valence-electron chi connectivity index (χ3n) is 3.17. The van der Waals surface area contributed by atoms with Crippen LogP contribution in [-0.4, -0.2) is 35.5 Å². The molecule has 2 rings (SSSR count). The number of carboxylic acids is 1. The number of amides is 2. The maximum Gasteiger partial charge on any atom is 0.319 e. The second kappa shape index (κ2) is 4.35. The van der Waals surface area contributed by atoms with Crippen LogP contribution in [0.15, 0.2) is 0 Å². The molecule has 0 unspecified atom stereocenters. The van der Waals surface area contributed by atoms with Crippen molar-refractivity contribution in [3.8, 4) is 0 Å². The van der Waals surface area contributed by atoms with Gasteiger partial charge >= 0.3 is 5.97 Å². The SMILES string of the molecule is O=C(CCNC(=O)C1(C(=O)O)CC1)NC1CC1. The van der Waals surface area contributed by atoms with Gasteiger partial charge in [-0.3, -0.25) is 14.4 Å². The van der Waals surface area contributed by atoms with E-state index >= 15 is 0 Å². The molecule has 0 aromatic carbocycles. The van der Waals surface area contributed by atoms with Crippen molar-refractivity contribution in [3.63, 3.8) is 0 Å². The van der Waals surface area contributed by atoms with Crippen molar-refractivity contribution >= 4 is 17.8 Å². The summed E-state index contributed by atoms with van der Waals surface area (Å²) in [6.07, 6.45) is 3.04. The molecule has 2 fully saturated rings. The topological polar surface area (TPSA) is 95.5 Å². The quantitative estimate of drug-likeness (QED) is 0.552. The lowest BCUT2D eigenvalue weighted by Crippen LogP contribution is -2.39. The predicted molar refractivity (Wildman–Crippen MR) is 58.1 cm³/mol. The first-order valence-corrected chi connectivity index (χ1v) is 5.86. The number of rotatable bonds is 6. The molecule has 0 spiro atoms. The Labute approximate surface area is 98.8 Å². The number of aliphatic carboxylic acids is 1. The van der Waals surface area contributed by atoms with Gasteiger partial charge in [-0.25, -0.2) is 0 Å². The Kier molecular flexibility index (Phi) is 3.04. The zero-order valence-electron chi connectivity index (χ0n) is 9.49. The fraction of sp³-hybridized carbons (Fsp3) is 0.727. The lowest BCUT2D eigenvalue weighted by molar-refractivity contribution is -0.149. The molecule has 0 aliphatic heterocycles. The van der Waals surface area contributed by atoms with Gasteiger partial charge in [0.15, 0.2) is 0 Å². The van der Waals surface area contributed by atoms with E-state index in [9.17, 15) is 14.4 Å². The van der Waals surface area contributed by atoms with Crippen LogP contribution in [0.1, 0.15) is 32.1 Å². The number of carbonyl (C=O) groups is 3. The fourth-order valence-corrected chi connectivity index (χ4v) is 1.65. The first-order valence-electron chi connectivity index (χ1n) is 5.86. The average molecular weight is 240 g/mol. The Morgan fingerprint density at radius 3 is 2.35 bits per heavy atom. The minimum absolute atomic E-state index is 0.0898. The highest BCUT2D eigenvalue weighted by Crippen LogP contribution is 2.45. The van der Waals surface area contributed by atoms with E-state index in [2.05, 4.69) is 10.6 Å². The van der Waals surface area contributed by atoms with Crippen LogP contribution in [0.3, 0.4) is 0 Å². The molecule has 3 N–H and O–H groups in total. The van der Waals surface area contributed by atoms with Crippen LogP contribution in [0.25, 0.3) is 0 Å². The molecule has 0 aromatic rings. The van der Waals surface area contributed by atoms with E-state index in [0.29, 0.717) is 18.9 Å². The van der Waals surface area contributed by atoms with Crippen molar-refractivity contribution in [1.82, 2.24) is 10.6 Å². The van der Waals surface area contributed by atoms with Crippen molar-refractivity contribution in [3.05, 3.63) is 0 Å². The normalized spacial score (nSPS) is 20.5. The van der Waals surface area contributed by atoms with Gasteiger partial charge in [0.2, 0.25) is 11.8 Å². The minimum Gasteiger partial charge on any atom is -0.480 e. The Morgan fingerprint density at radius 1 is 1.24 bits per heavy atom. The molecule has 17 heavy (non-hydrogen) atoms. The smallest absolute Gasteiger partial charge is 0.319 e. The Bertz CT molecular complexity index is 358. The molecular formula is C11H16N2O4. The molecule has 0 atom stereocenters. The number of carboxylic acid groups (broad SMARTS) is 1. The molecule has 6 nitrogen and oxygen atoms in total. The van der Waals surface area contributed by atoms with Gasteiger partial charge in [0.1, 0.15) is 5.41 Å². The van der Waals surface area contributed by atoms with Gasteiger partial charge in [-0.2, -0.15) is 0 Å². The van der Waals surface area contributed by atoms with E-state index in [1.54, 1.807) is 0 Å². The number of nitrogens with one attached hydrogen (secondary N) is 2. The molecule has 2 amide bonds. The molecule has 2 aliphatic carbocycles. The van der Waals surface area contributed by atoms with Crippen LogP contribution < -0.4 is 10.6 Å². The van der Waals surface area contributed by atoms with Gasteiger partial charge in [0, 0.05) is 19.0 Å². The van der Waals surface area contributed by atoms with Crippen LogP contribution in [-0.2, 0) is 14.4 Å². The first kappa shape index (κ1) is 11.9. The van der Waals surface area contributed by atoms with Crippen molar-refractivity contribution in [1.29, 1.82) is 0 Å². The number of carbonyl (C=O) groups excluding carboxylic acids is 2. The Morgan fingerprint density at radius 2 is 1.88 bits per heavy atom. The summed E-state index contributed by atoms with van der Waals surface area (Å²) in [6.45, 7) is 0.201. The fourth-order valence-electron chi connectivity index (χ4n) is 1.65. The molecule has 2 aliphatic rings. The summed E-state index contributed by atoms with van der Waals surface area (Å²) in [7, 11) is 0. The van der Waals surface area contributed by atoms with Crippen molar-refractivity contribution < 1.29 is 19.5 Å². The Balaban J connectivity index is 1.66. The highest BCUT2D eigenvalue weighted by Gasteiger charge is 2.56. The van der Waals surface area contributed by atoms with E-state index < -0.39 is 17.3 Å². The molecule has 0 radical (unpaired) electrons. The average Bonchev–Trinajstić information content (AvgIpc) is 3.12. The predicted octanol–water partition coefficient (Wildman–Crippen LogP) is -0.364. The largest absolute Gasteiger partial charge is 0.480 e. The summed E-state index contributed by atoms with van der Waals surface area (Å²) in [5.74, 6) is -1.63. The molecule has 94 valence electrons. The van der Waals surface area contributed by atoms with E-state index in [1.165, 1.54) is 0 Å². The van der Waals surface area contributed by atoms with Crippen LogP contribution in [0.5, 0.6) is 0 Å². The van der Waals surface area contributed by atoms with E-state index in [1.807, 2.05) is 0 Å². The summed E-state index contributed by atoms with van der Waals surface area (Å²) in [6, 6.07) is 0.312. The third kappa shape index (κ3) is 2.75. The van der Waals surface area contributed by atoms with E-state index in [-0.39, 0.29) is 18.9 Å². The monoisotopic (exact) mass is 240 g/mol. The molecule has 6 heteroatoms. The minimum atomic E-state index is -1.22. The van der Waals surface area contributed by atoms with Gasteiger partial charge < -0.3 is 15.7 Å². The summed E-state index contributed by atoms with van der Waals surface area (Å²) >= 11 is 0. The van der Waals surface area contributed by atoms with Gasteiger partial charge in [-0.1, -0.05) is 0 Å². The van der Waals surface area contributed by atoms with Gasteiger partial charge in [0.25, 0.3) is 0 Å². The maximum atomic E-state index is 11.6. The van der Waals surface area contributed by atoms with Crippen LogP contribution in [0.2, 0.25) is 0 Å². The van der Waals surface area contributed by atoms with Crippen molar-refractivity contribution in [2.75, 3.05) is 6.54 Å². The highest BCUT2D eigenvalue weighted by atomic mass is 16.4. The maximum absolute atomic E-state index is 11.6. The number of hydrogen-bond acceptors (Lipinski definition) is 3. The lowest BCUT2D eigenvalue weighted by atomic mass is 10.1. The Hall–Kier alpha value is -1.59. The zero-order chi connectivity index (χ0) is 12.5. The summed E-state index contributed by atoms with van der Waals surface area (Å²) in [5.41, 5.74) is -1.22.